The first-order valence-electron chi connectivity index (χ1n) is 6.05. The van der Waals surface area contributed by atoms with Gasteiger partial charge in [0.05, 0.1) is 0 Å². The smallest absolute Gasteiger partial charge is 0.146 e. The predicted octanol–water partition coefficient (Wildman–Crippen LogP) is 2.74. The number of hydrogen-bond donors (Lipinski definition) is 1. The molecule has 0 radical (unpaired) electrons. The van der Waals surface area contributed by atoms with Crippen molar-refractivity contribution in [3.63, 3.8) is 0 Å². The summed E-state index contributed by atoms with van der Waals surface area (Å²) in [6, 6.07) is 9.93. The van der Waals surface area contributed by atoms with Gasteiger partial charge in [0.2, 0.25) is 0 Å². The first-order chi connectivity index (χ1) is 8.35. The van der Waals surface area contributed by atoms with Crippen molar-refractivity contribution in [1.29, 1.82) is 0 Å². The molecule has 3 nitrogen and oxygen atoms in total. The standard InChI is InChI=1S/C14H18N2O/c1-2-5-12(10-15)17-13-8-3-6-11-7-4-9-16-14(11)13/h3-4,6-9,12H,2,5,10,15H2,1H3. The molecule has 0 fully saturated rings. The number of benzene rings is 1. The molecule has 1 aromatic heterocycles. The molecule has 1 heterocycles. The van der Waals surface area contributed by atoms with Crippen LogP contribution in [-0.2, 0) is 0 Å². The van der Waals surface area contributed by atoms with E-state index in [1.54, 1.807) is 6.20 Å². The summed E-state index contributed by atoms with van der Waals surface area (Å²) < 4.78 is 5.93. The minimum absolute atomic E-state index is 0.0765. The Labute approximate surface area is 102 Å². The van der Waals surface area contributed by atoms with E-state index in [-0.39, 0.29) is 6.10 Å². The van der Waals surface area contributed by atoms with E-state index >= 15 is 0 Å². The number of nitrogens with two attached hydrogens (primary N) is 1. The number of aromatic nitrogens is 1. The summed E-state index contributed by atoms with van der Waals surface area (Å²) >= 11 is 0. The van der Waals surface area contributed by atoms with Crippen LogP contribution in [0.15, 0.2) is 36.5 Å². The lowest BCUT2D eigenvalue weighted by atomic mass is 10.2. The molecule has 0 saturated carbocycles. The number of nitrogens with zero attached hydrogens (tertiary/aromatic N) is 1. The number of rotatable bonds is 5. The molecule has 1 aromatic carbocycles. The van der Waals surface area contributed by atoms with Crippen LogP contribution in [0.1, 0.15) is 19.8 Å². The van der Waals surface area contributed by atoms with E-state index in [1.807, 2.05) is 30.3 Å². The van der Waals surface area contributed by atoms with Gasteiger partial charge in [0, 0.05) is 18.1 Å². The normalized spacial score (nSPS) is 12.6. The fourth-order valence-electron chi connectivity index (χ4n) is 1.90. The van der Waals surface area contributed by atoms with Gasteiger partial charge in [0.15, 0.2) is 0 Å². The van der Waals surface area contributed by atoms with Crippen LogP contribution in [0.5, 0.6) is 5.75 Å². The summed E-state index contributed by atoms with van der Waals surface area (Å²) in [5, 5.41) is 1.09. The van der Waals surface area contributed by atoms with Crippen LogP contribution >= 0.6 is 0 Å². The van der Waals surface area contributed by atoms with Gasteiger partial charge in [-0.3, -0.25) is 4.98 Å². The van der Waals surface area contributed by atoms with E-state index in [1.165, 1.54) is 0 Å². The largest absolute Gasteiger partial charge is 0.487 e. The average molecular weight is 230 g/mol. The number of fused-ring (bicyclic) bond motifs is 1. The van der Waals surface area contributed by atoms with Gasteiger partial charge < -0.3 is 10.5 Å². The lowest BCUT2D eigenvalue weighted by molar-refractivity contribution is 0.200. The lowest BCUT2D eigenvalue weighted by Gasteiger charge is -2.17. The minimum Gasteiger partial charge on any atom is -0.487 e. The van der Waals surface area contributed by atoms with E-state index in [4.69, 9.17) is 10.5 Å². The summed E-state index contributed by atoms with van der Waals surface area (Å²) in [6.45, 7) is 2.67. The molecule has 2 N–H and O–H groups in total. The first-order valence-corrected chi connectivity index (χ1v) is 6.05. The number of ether oxygens (including phenoxy) is 1. The third-order valence-electron chi connectivity index (χ3n) is 2.76. The Morgan fingerprint density at radius 2 is 2.12 bits per heavy atom. The molecule has 17 heavy (non-hydrogen) atoms. The highest BCUT2D eigenvalue weighted by molar-refractivity contribution is 5.84. The Hall–Kier alpha value is -1.61. The zero-order valence-corrected chi connectivity index (χ0v) is 10.1. The molecule has 0 aliphatic carbocycles. The second kappa shape index (κ2) is 5.64. The quantitative estimate of drug-likeness (QED) is 0.859. The number of para-hydroxylation sites is 1. The SMILES string of the molecule is CCCC(CN)Oc1cccc2cccnc12. The molecule has 0 amide bonds. The van der Waals surface area contributed by atoms with Crippen molar-refractivity contribution in [1.82, 2.24) is 4.98 Å². The molecule has 0 aliphatic heterocycles. The molecule has 0 aliphatic rings. The van der Waals surface area contributed by atoms with Crippen LogP contribution in [0.2, 0.25) is 0 Å². The minimum atomic E-state index is 0.0765. The Balaban J connectivity index is 2.28. The molecule has 3 heteroatoms. The van der Waals surface area contributed by atoms with Crippen molar-refractivity contribution in [2.45, 2.75) is 25.9 Å². The summed E-state index contributed by atoms with van der Waals surface area (Å²) in [6.07, 6.45) is 3.90. The second-order valence-electron chi connectivity index (χ2n) is 4.10. The van der Waals surface area contributed by atoms with Gasteiger partial charge in [-0.25, -0.2) is 0 Å². The highest BCUT2D eigenvalue weighted by Crippen LogP contribution is 2.24. The van der Waals surface area contributed by atoms with Crippen LogP contribution in [0.25, 0.3) is 10.9 Å². The Morgan fingerprint density at radius 3 is 2.88 bits per heavy atom. The third-order valence-corrected chi connectivity index (χ3v) is 2.76. The molecule has 0 saturated heterocycles. The number of pyridine rings is 1. The number of hydrogen-bond acceptors (Lipinski definition) is 3. The monoisotopic (exact) mass is 230 g/mol. The first kappa shape index (κ1) is 11.9. The van der Waals surface area contributed by atoms with Gasteiger partial charge in [-0.1, -0.05) is 31.5 Å². The summed E-state index contributed by atoms with van der Waals surface area (Å²) in [4.78, 5) is 4.36. The van der Waals surface area contributed by atoms with Gasteiger partial charge >= 0.3 is 0 Å². The summed E-state index contributed by atoms with van der Waals surface area (Å²) in [7, 11) is 0. The molecule has 1 unspecified atom stereocenters. The summed E-state index contributed by atoms with van der Waals surface area (Å²) in [5.41, 5.74) is 6.61. The van der Waals surface area contributed by atoms with Crippen LogP contribution in [0.3, 0.4) is 0 Å². The second-order valence-corrected chi connectivity index (χ2v) is 4.10. The van der Waals surface area contributed by atoms with E-state index < -0.39 is 0 Å². The Morgan fingerprint density at radius 1 is 1.29 bits per heavy atom. The third kappa shape index (κ3) is 2.74. The van der Waals surface area contributed by atoms with Gasteiger partial charge in [-0.15, -0.1) is 0 Å². The van der Waals surface area contributed by atoms with Crippen LogP contribution < -0.4 is 10.5 Å². The fourth-order valence-corrected chi connectivity index (χ4v) is 1.90. The Bertz CT molecular complexity index is 479. The van der Waals surface area contributed by atoms with Gasteiger partial charge in [0.25, 0.3) is 0 Å². The van der Waals surface area contributed by atoms with E-state index in [9.17, 15) is 0 Å². The zero-order valence-electron chi connectivity index (χ0n) is 10.1. The van der Waals surface area contributed by atoms with Crippen molar-refractivity contribution in [2.24, 2.45) is 5.73 Å². The molecular formula is C14H18N2O. The van der Waals surface area contributed by atoms with E-state index in [2.05, 4.69) is 11.9 Å². The molecule has 90 valence electrons. The van der Waals surface area contributed by atoms with E-state index in [0.29, 0.717) is 6.54 Å². The topological polar surface area (TPSA) is 48.1 Å². The lowest BCUT2D eigenvalue weighted by Crippen LogP contribution is -2.26. The van der Waals surface area contributed by atoms with Crippen molar-refractivity contribution in [3.05, 3.63) is 36.5 Å². The van der Waals surface area contributed by atoms with Crippen molar-refractivity contribution >= 4 is 10.9 Å². The van der Waals surface area contributed by atoms with Gasteiger partial charge in [-0.2, -0.15) is 0 Å². The molecule has 0 bridgehead atoms. The molecular weight excluding hydrogens is 212 g/mol. The predicted molar refractivity (Wildman–Crippen MR) is 70.1 cm³/mol. The highest BCUT2D eigenvalue weighted by atomic mass is 16.5. The Kier molecular flexibility index (Phi) is 3.94. The van der Waals surface area contributed by atoms with Crippen LogP contribution in [0, 0.1) is 0 Å². The zero-order chi connectivity index (χ0) is 12.1. The van der Waals surface area contributed by atoms with Gasteiger partial charge in [0.1, 0.15) is 17.4 Å². The molecule has 1 atom stereocenters. The fraction of sp³-hybridized carbons (Fsp3) is 0.357. The maximum Gasteiger partial charge on any atom is 0.146 e. The van der Waals surface area contributed by atoms with Crippen LogP contribution in [0.4, 0.5) is 0 Å². The maximum absolute atomic E-state index is 5.93. The maximum atomic E-state index is 5.93. The van der Waals surface area contributed by atoms with Crippen molar-refractivity contribution in [3.8, 4) is 5.75 Å². The van der Waals surface area contributed by atoms with E-state index in [0.717, 1.165) is 29.5 Å². The average Bonchev–Trinajstić information content (AvgIpc) is 2.38. The molecule has 0 spiro atoms. The van der Waals surface area contributed by atoms with Gasteiger partial charge in [-0.05, 0) is 18.6 Å². The highest BCUT2D eigenvalue weighted by Gasteiger charge is 2.09. The van der Waals surface area contributed by atoms with Crippen molar-refractivity contribution < 1.29 is 4.74 Å². The summed E-state index contributed by atoms with van der Waals surface area (Å²) in [5.74, 6) is 0.826. The molecule has 2 rings (SSSR count). The molecule has 2 aromatic rings. The van der Waals surface area contributed by atoms with Crippen LogP contribution in [-0.4, -0.2) is 17.6 Å². The van der Waals surface area contributed by atoms with Crippen molar-refractivity contribution in [2.75, 3.05) is 6.54 Å².